The topological polar surface area (TPSA) is 79.3 Å². The molecule has 1 atom stereocenters. The maximum absolute atomic E-state index is 13.2. The Morgan fingerprint density at radius 1 is 1.59 bits per heavy atom. The van der Waals surface area contributed by atoms with Crippen LogP contribution >= 0.6 is 0 Å². The van der Waals surface area contributed by atoms with Gasteiger partial charge in [0.05, 0.1) is 5.60 Å². The molecule has 0 fully saturated rings. The minimum absolute atomic E-state index is 0.193. The predicted molar refractivity (Wildman–Crippen MR) is 60.3 cm³/mol. The van der Waals surface area contributed by atoms with Gasteiger partial charge < -0.3 is 5.11 Å². The van der Waals surface area contributed by atoms with Gasteiger partial charge in [-0.2, -0.15) is 0 Å². The third-order valence-electron chi connectivity index (χ3n) is 2.38. The van der Waals surface area contributed by atoms with Crippen molar-refractivity contribution in [3.63, 3.8) is 0 Å². The van der Waals surface area contributed by atoms with E-state index >= 15 is 0 Å². The quantitative estimate of drug-likeness (QED) is 0.817. The minimum Gasteiger partial charge on any atom is -0.389 e. The summed E-state index contributed by atoms with van der Waals surface area (Å²) < 4.78 is 38.8. The fraction of sp³-hybridized carbons (Fsp3) is 0.500. The molecule has 0 spiro atoms. The van der Waals surface area contributed by atoms with Crippen LogP contribution in [0.5, 0.6) is 0 Å². The molecule has 5 nitrogen and oxygen atoms in total. The van der Waals surface area contributed by atoms with Gasteiger partial charge in [-0.25, -0.2) is 22.5 Å². The zero-order valence-corrected chi connectivity index (χ0v) is 10.5. The third-order valence-corrected chi connectivity index (χ3v) is 3.72. The molecule has 0 aliphatic carbocycles. The van der Waals surface area contributed by atoms with E-state index in [2.05, 4.69) is 9.71 Å². The maximum atomic E-state index is 13.2. The van der Waals surface area contributed by atoms with E-state index in [1.165, 1.54) is 19.2 Å². The van der Waals surface area contributed by atoms with Gasteiger partial charge in [-0.15, -0.1) is 0 Å². The molecule has 0 saturated heterocycles. The second kappa shape index (κ2) is 5.07. The molecule has 0 aliphatic heterocycles. The molecule has 0 saturated carbocycles. The minimum atomic E-state index is -4.03. The van der Waals surface area contributed by atoms with Crippen molar-refractivity contribution in [3.8, 4) is 0 Å². The Morgan fingerprint density at radius 3 is 2.76 bits per heavy atom. The molecule has 1 aromatic heterocycles. The number of aliphatic hydroxyl groups is 1. The molecule has 0 aliphatic rings. The van der Waals surface area contributed by atoms with E-state index in [9.17, 15) is 17.9 Å². The molecule has 1 unspecified atom stereocenters. The van der Waals surface area contributed by atoms with E-state index < -0.39 is 26.5 Å². The molecule has 96 valence electrons. The summed E-state index contributed by atoms with van der Waals surface area (Å²) in [6, 6.07) is 2.32. The fourth-order valence-electron chi connectivity index (χ4n) is 1.01. The van der Waals surface area contributed by atoms with Crippen LogP contribution in [-0.2, 0) is 10.0 Å². The lowest BCUT2D eigenvalue weighted by Crippen LogP contribution is -2.40. The van der Waals surface area contributed by atoms with Crippen LogP contribution in [-0.4, -0.2) is 30.7 Å². The van der Waals surface area contributed by atoms with Gasteiger partial charge in [0.15, 0.2) is 5.82 Å². The Morgan fingerprint density at radius 2 is 2.24 bits per heavy atom. The van der Waals surface area contributed by atoms with Gasteiger partial charge in [-0.05, 0) is 25.5 Å². The molecular formula is C10H15FN2O3S. The number of rotatable bonds is 5. The lowest BCUT2D eigenvalue weighted by atomic mass is 10.1. The zero-order chi connectivity index (χ0) is 13.1. The van der Waals surface area contributed by atoms with E-state index in [0.717, 1.165) is 6.07 Å². The first kappa shape index (κ1) is 14.0. The lowest BCUT2D eigenvalue weighted by Gasteiger charge is -2.21. The highest BCUT2D eigenvalue weighted by Crippen LogP contribution is 2.12. The number of sulfonamides is 1. The van der Waals surface area contributed by atoms with E-state index in [-0.39, 0.29) is 6.54 Å². The molecular weight excluding hydrogens is 247 g/mol. The number of nitrogens with one attached hydrogen (secondary N) is 1. The van der Waals surface area contributed by atoms with Crippen molar-refractivity contribution >= 4 is 10.0 Å². The molecule has 7 heteroatoms. The number of aromatic nitrogens is 1. The van der Waals surface area contributed by atoms with Gasteiger partial charge in [0.25, 0.3) is 10.0 Å². The molecule has 1 rings (SSSR count). The summed E-state index contributed by atoms with van der Waals surface area (Å²) in [7, 11) is -4.03. The summed E-state index contributed by atoms with van der Waals surface area (Å²) in [6.45, 7) is 3.02. The Balaban J connectivity index is 2.88. The van der Waals surface area contributed by atoms with Gasteiger partial charge in [-0.3, -0.25) is 0 Å². The lowest BCUT2D eigenvalue weighted by molar-refractivity contribution is 0.0613. The number of hydrogen-bond acceptors (Lipinski definition) is 4. The molecule has 0 aromatic carbocycles. The Bertz CT molecular complexity index is 488. The second-order valence-corrected chi connectivity index (χ2v) is 5.65. The molecule has 1 heterocycles. The van der Waals surface area contributed by atoms with Crippen LogP contribution in [0.2, 0.25) is 0 Å². The Hall–Kier alpha value is -1.05. The van der Waals surface area contributed by atoms with E-state index in [4.69, 9.17) is 0 Å². The van der Waals surface area contributed by atoms with Gasteiger partial charge in [-0.1, -0.05) is 6.92 Å². The molecule has 0 bridgehead atoms. The summed E-state index contributed by atoms with van der Waals surface area (Å²) in [5.74, 6) is -0.920. The van der Waals surface area contributed by atoms with Crippen LogP contribution in [0.3, 0.4) is 0 Å². The number of pyridine rings is 1. The van der Waals surface area contributed by atoms with Crippen LogP contribution in [0.15, 0.2) is 23.4 Å². The number of hydrogen-bond donors (Lipinski definition) is 2. The SMILES string of the molecule is CCC(C)(O)CNS(=O)(=O)c1ncccc1F. The summed E-state index contributed by atoms with van der Waals surface area (Å²) in [5, 5.41) is 9.00. The second-order valence-electron chi connectivity index (χ2n) is 3.97. The summed E-state index contributed by atoms with van der Waals surface area (Å²) in [6.07, 6.45) is 1.57. The molecule has 0 amide bonds. The van der Waals surface area contributed by atoms with Gasteiger partial charge in [0, 0.05) is 12.7 Å². The van der Waals surface area contributed by atoms with Crippen LogP contribution < -0.4 is 4.72 Å². The van der Waals surface area contributed by atoms with Gasteiger partial charge in [0.1, 0.15) is 0 Å². The van der Waals surface area contributed by atoms with Crippen LogP contribution in [0.4, 0.5) is 4.39 Å². The molecule has 17 heavy (non-hydrogen) atoms. The smallest absolute Gasteiger partial charge is 0.261 e. The van der Waals surface area contributed by atoms with Crippen molar-refractivity contribution in [3.05, 3.63) is 24.1 Å². The van der Waals surface area contributed by atoms with Crippen molar-refractivity contribution in [2.75, 3.05) is 6.54 Å². The Kier molecular flexibility index (Phi) is 4.18. The standard InChI is InChI=1S/C10H15FN2O3S/c1-3-10(2,14)7-13-17(15,16)9-8(11)5-4-6-12-9/h4-6,13-14H,3,7H2,1-2H3. The average Bonchev–Trinajstić information content (AvgIpc) is 2.27. The maximum Gasteiger partial charge on any atom is 0.261 e. The van der Waals surface area contributed by atoms with Crippen LogP contribution in [0.1, 0.15) is 20.3 Å². The van der Waals surface area contributed by atoms with Crippen molar-refractivity contribution in [1.29, 1.82) is 0 Å². The largest absolute Gasteiger partial charge is 0.389 e. The molecule has 0 radical (unpaired) electrons. The predicted octanol–water partition coefficient (Wildman–Crippen LogP) is 0.660. The number of halogens is 1. The summed E-state index contributed by atoms with van der Waals surface area (Å²) in [4.78, 5) is 3.47. The highest BCUT2D eigenvalue weighted by molar-refractivity contribution is 7.89. The normalized spacial score (nSPS) is 15.5. The third kappa shape index (κ3) is 3.72. The van der Waals surface area contributed by atoms with E-state index in [1.54, 1.807) is 6.92 Å². The highest BCUT2D eigenvalue weighted by atomic mass is 32.2. The monoisotopic (exact) mass is 262 g/mol. The van der Waals surface area contributed by atoms with Crippen LogP contribution in [0, 0.1) is 5.82 Å². The molecule has 1 aromatic rings. The first-order valence-electron chi connectivity index (χ1n) is 5.11. The Labute approximate surface area is 99.7 Å². The summed E-state index contributed by atoms with van der Waals surface area (Å²) >= 11 is 0. The first-order valence-corrected chi connectivity index (χ1v) is 6.59. The van der Waals surface area contributed by atoms with Crippen molar-refractivity contribution < 1.29 is 17.9 Å². The average molecular weight is 262 g/mol. The van der Waals surface area contributed by atoms with Crippen molar-refractivity contribution in [1.82, 2.24) is 9.71 Å². The highest BCUT2D eigenvalue weighted by Gasteiger charge is 2.25. The van der Waals surface area contributed by atoms with Crippen molar-refractivity contribution in [2.45, 2.75) is 30.9 Å². The summed E-state index contributed by atoms with van der Waals surface area (Å²) in [5.41, 5.74) is -1.17. The number of nitrogens with zero attached hydrogens (tertiary/aromatic N) is 1. The van der Waals surface area contributed by atoms with E-state index in [0.29, 0.717) is 6.42 Å². The zero-order valence-electron chi connectivity index (χ0n) is 9.64. The first-order chi connectivity index (χ1) is 7.78. The van der Waals surface area contributed by atoms with Gasteiger partial charge in [0.2, 0.25) is 5.03 Å². The van der Waals surface area contributed by atoms with Crippen molar-refractivity contribution in [2.24, 2.45) is 0 Å². The van der Waals surface area contributed by atoms with E-state index in [1.807, 2.05) is 0 Å². The van der Waals surface area contributed by atoms with Gasteiger partial charge >= 0.3 is 0 Å². The molecule has 2 N–H and O–H groups in total. The van der Waals surface area contributed by atoms with Crippen LogP contribution in [0.25, 0.3) is 0 Å². The fourth-order valence-corrected chi connectivity index (χ4v) is 2.17.